The van der Waals surface area contributed by atoms with Crippen LogP contribution in [0.4, 0.5) is 4.39 Å². The molecule has 1 unspecified atom stereocenters. The van der Waals surface area contributed by atoms with Crippen LogP contribution in [0.1, 0.15) is 29.3 Å². The number of fused-ring (bicyclic) bond motifs is 1. The number of halogens is 1. The Labute approximate surface area is 75.0 Å². The second-order valence-electron chi connectivity index (χ2n) is 3.54. The fourth-order valence-corrected chi connectivity index (χ4v) is 1.80. The zero-order valence-electron chi connectivity index (χ0n) is 7.17. The summed E-state index contributed by atoms with van der Waals surface area (Å²) in [5, 5.41) is 9.74. The van der Waals surface area contributed by atoms with Crippen LogP contribution in [-0.2, 0) is 5.60 Å². The Morgan fingerprint density at radius 1 is 1.54 bits per heavy atom. The molecule has 13 heavy (non-hydrogen) atoms. The number of hydrogen-bond donors (Lipinski definition) is 1. The van der Waals surface area contributed by atoms with E-state index in [9.17, 15) is 14.3 Å². The second kappa shape index (κ2) is 2.39. The Balaban J connectivity index is 2.73. The Bertz CT molecular complexity index is 383. The van der Waals surface area contributed by atoms with Crippen LogP contribution in [0.5, 0.6) is 0 Å². The highest BCUT2D eigenvalue weighted by Gasteiger charge is 2.39. The maximum absolute atomic E-state index is 13.2. The van der Waals surface area contributed by atoms with Crippen molar-refractivity contribution < 1.29 is 14.3 Å². The third-order valence-electron chi connectivity index (χ3n) is 2.36. The summed E-state index contributed by atoms with van der Waals surface area (Å²) in [6.45, 7) is 1.46. The smallest absolute Gasteiger partial charge is 0.166 e. The number of carbonyl (C=O) groups is 1. The number of rotatable bonds is 0. The molecule has 68 valence electrons. The predicted molar refractivity (Wildman–Crippen MR) is 44.9 cm³/mol. The van der Waals surface area contributed by atoms with Crippen LogP contribution in [0.15, 0.2) is 18.2 Å². The highest BCUT2D eigenvalue weighted by molar-refractivity contribution is 6.01. The van der Waals surface area contributed by atoms with Crippen molar-refractivity contribution in [3.63, 3.8) is 0 Å². The Morgan fingerprint density at radius 3 is 2.85 bits per heavy atom. The van der Waals surface area contributed by atoms with Crippen LogP contribution in [0.25, 0.3) is 0 Å². The van der Waals surface area contributed by atoms with Gasteiger partial charge in [-0.2, -0.15) is 0 Å². The highest BCUT2D eigenvalue weighted by Crippen LogP contribution is 2.37. The molecule has 0 fully saturated rings. The van der Waals surface area contributed by atoms with E-state index in [1.807, 2.05) is 0 Å². The zero-order valence-corrected chi connectivity index (χ0v) is 7.17. The minimum absolute atomic E-state index is 0.0245. The lowest BCUT2D eigenvalue weighted by Gasteiger charge is -2.16. The van der Waals surface area contributed by atoms with Crippen LogP contribution in [0.3, 0.4) is 0 Å². The molecule has 0 bridgehead atoms. The molecule has 1 aromatic rings. The minimum atomic E-state index is -1.34. The molecular formula is C10H9FO2. The zero-order chi connectivity index (χ0) is 9.64. The number of carbonyl (C=O) groups excluding carboxylic acids is 1. The molecule has 1 atom stereocenters. The van der Waals surface area contributed by atoms with Crippen LogP contribution < -0.4 is 0 Å². The van der Waals surface area contributed by atoms with Gasteiger partial charge >= 0.3 is 0 Å². The van der Waals surface area contributed by atoms with Crippen molar-refractivity contribution in [1.82, 2.24) is 0 Å². The maximum atomic E-state index is 13.2. The van der Waals surface area contributed by atoms with Gasteiger partial charge in [0.25, 0.3) is 0 Å². The lowest BCUT2D eigenvalue weighted by Crippen LogP contribution is -2.18. The first-order valence-corrected chi connectivity index (χ1v) is 4.07. The lowest BCUT2D eigenvalue weighted by molar-refractivity contribution is 0.0510. The average molecular weight is 180 g/mol. The molecule has 2 nitrogen and oxygen atoms in total. The van der Waals surface area contributed by atoms with E-state index in [1.165, 1.54) is 19.1 Å². The fourth-order valence-electron chi connectivity index (χ4n) is 1.80. The molecule has 3 heteroatoms. The van der Waals surface area contributed by atoms with Gasteiger partial charge in [-0.1, -0.05) is 12.1 Å². The summed E-state index contributed by atoms with van der Waals surface area (Å²) in [4.78, 5) is 11.3. The maximum Gasteiger partial charge on any atom is 0.166 e. The van der Waals surface area contributed by atoms with E-state index in [-0.39, 0.29) is 17.8 Å². The quantitative estimate of drug-likeness (QED) is 0.658. The van der Waals surface area contributed by atoms with Gasteiger partial charge in [-0.15, -0.1) is 0 Å². The van der Waals surface area contributed by atoms with Gasteiger partial charge in [-0.25, -0.2) is 4.39 Å². The van der Waals surface area contributed by atoms with Crippen molar-refractivity contribution >= 4 is 5.78 Å². The van der Waals surface area contributed by atoms with Crippen LogP contribution >= 0.6 is 0 Å². The number of hydrogen-bond acceptors (Lipinski definition) is 2. The van der Waals surface area contributed by atoms with Gasteiger partial charge in [0.15, 0.2) is 5.78 Å². The lowest BCUT2D eigenvalue weighted by atomic mass is 9.98. The van der Waals surface area contributed by atoms with Crippen LogP contribution in [-0.4, -0.2) is 10.9 Å². The second-order valence-corrected chi connectivity index (χ2v) is 3.54. The summed E-state index contributed by atoms with van der Waals surface area (Å²) >= 11 is 0. The molecule has 1 aromatic carbocycles. The van der Waals surface area contributed by atoms with E-state index in [0.717, 1.165) is 0 Å². The molecule has 0 heterocycles. The number of ketones is 1. The van der Waals surface area contributed by atoms with E-state index in [4.69, 9.17) is 0 Å². The predicted octanol–water partition coefficient (Wildman–Crippen LogP) is 1.62. The average Bonchev–Trinajstić information content (AvgIpc) is 2.24. The summed E-state index contributed by atoms with van der Waals surface area (Å²) in [5.41, 5.74) is -0.886. The molecular weight excluding hydrogens is 171 g/mol. The first-order chi connectivity index (χ1) is 6.02. The van der Waals surface area contributed by atoms with Gasteiger partial charge in [-0.05, 0) is 13.0 Å². The van der Waals surface area contributed by atoms with Gasteiger partial charge < -0.3 is 5.11 Å². The Hall–Kier alpha value is -1.22. The molecule has 1 N–H and O–H groups in total. The van der Waals surface area contributed by atoms with E-state index in [1.54, 1.807) is 6.07 Å². The monoisotopic (exact) mass is 180 g/mol. The minimum Gasteiger partial charge on any atom is -0.385 e. The number of aliphatic hydroxyl groups is 1. The Morgan fingerprint density at radius 2 is 2.23 bits per heavy atom. The van der Waals surface area contributed by atoms with Crippen LogP contribution in [0, 0.1) is 5.82 Å². The van der Waals surface area contributed by atoms with Gasteiger partial charge in [0.2, 0.25) is 0 Å². The first kappa shape index (κ1) is 8.38. The molecule has 0 amide bonds. The van der Waals surface area contributed by atoms with Crippen molar-refractivity contribution in [3.8, 4) is 0 Å². The molecule has 0 radical (unpaired) electrons. The van der Waals surface area contributed by atoms with Gasteiger partial charge in [0.05, 0.1) is 5.60 Å². The SMILES string of the molecule is CC1(O)CC(=O)c2cccc(F)c21. The van der Waals surface area contributed by atoms with Crippen molar-refractivity contribution in [1.29, 1.82) is 0 Å². The van der Waals surface area contributed by atoms with Crippen molar-refractivity contribution in [2.75, 3.05) is 0 Å². The third kappa shape index (κ3) is 1.08. The molecule has 0 aliphatic heterocycles. The molecule has 2 rings (SSSR count). The topological polar surface area (TPSA) is 37.3 Å². The number of Topliss-reactive ketones (excluding diaryl/α,β-unsaturated/α-hetero) is 1. The summed E-state index contributed by atoms with van der Waals surface area (Å²) in [7, 11) is 0. The van der Waals surface area contributed by atoms with Gasteiger partial charge in [0, 0.05) is 17.5 Å². The van der Waals surface area contributed by atoms with E-state index in [0.29, 0.717) is 5.56 Å². The standard InChI is InChI=1S/C10H9FO2/c1-10(13)5-8(12)6-3-2-4-7(11)9(6)10/h2-4,13H,5H2,1H3. The Kier molecular flexibility index (Phi) is 1.54. The van der Waals surface area contributed by atoms with E-state index in [2.05, 4.69) is 0 Å². The molecule has 0 saturated heterocycles. The highest BCUT2D eigenvalue weighted by atomic mass is 19.1. The van der Waals surface area contributed by atoms with Gasteiger partial charge in [0.1, 0.15) is 5.82 Å². The molecule has 1 aliphatic rings. The van der Waals surface area contributed by atoms with Crippen LogP contribution in [0.2, 0.25) is 0 Å². The fraction of sp³-hybridized carbons (Fsp3) is 0.300. The summed E-state index contributed by atoms with van der Waals surface area (Å²) in [5.74, 6) is -0.701. The third-order valence-corrected chi connectivity index (χ3v) is 2.36. The number of benzene rings is 1. The first-order valence-electron chi connectivity index (χ1n) is 4.07. The van der Waals surface area contributed by atoms with E-state index >= 15 is 0 Å². The summed E-state index contributed by atoms with van der Waals surface area (Å²) in [6, 6.07) is 4.28. The van der Waals surface area contributed by atoms with E-state index < -0.39 is 11.4 Å². The van der Waals surface area contributed by atoms with Crippen molar-refractivity contribution in [3.05, 3.63) is 35.1 Å². The summed E-state index contributed by atoms with van der Waals surface area (Å²) < 4.78 is 13.2. The van der Waals surface area contributed by atoms with Crippen molar-refractivity contribution in [2.45, 2.75) is 18.9 Å². The summed E-state index contributed by atoms with van der Waals surface area (Å²) in [6.07, 6.45) is -0.0245. The normalized spacial score (nSPS) is 26.2. The molecule has 0 spiro atoms. The van der Waals surface area contributed by atoms with Crippen molar-refractivity contribution in [2.24, 2.45) is 0 Å². The molecule has 1 aliphatic carbocycles. The molecule has 0 saturated carbocycles. The van der Waals surface area contributed by atoms with Gasteiger partial charge in [-0.3, -0.25) is 4.79 Å². The largest absolute Gasteiger partial charge is 0.385 e. The molecule has 0 aromatic heterocycles.